The van der Waals surface area contributed by atoms with Crippen molar-refractivity contribution in [1.29, 1.82) is 0 Å². The summed E-state index contributed by atoms with van der Waals surface area (Å²) in [5.41, 5.74) is 2.71. The van der Waals surface area contributed by atoms with Crippen LogP contribution in [0.3, 0.4) is 0 Å². The number of carbonyl (C=O) groups excluding carboxylic acids is 2. The molecular formula is C21H24FN3O2. The molecule has 142 valence electrons. The van der Waals surface area contributed by atoms with Gasteiger partial charge in [0, 0.05) is 31.9 Å². The van der Waals surface area contributed by atoms with Gasteiger partial charge in [0.2, 0.25) is 11.8 Å². The zero-order valence-corrected chi connectivity index (χ0v) is 15.5. The summed E-state index contributed by atoms with van der Waals surface area (Å²) >= 11 is 0. The van der Waals surface area contributed by atoms with E-state index >= 15 is 0 Å². The first-order valence-corrected chi connectivity index (χ1v) is 9.12. The number of benzene rings is 2. The highest BCUT2D eigenvalue weighted by molar-refractivity contribution is 5.85. The predicted octanol–water partition coefficient (Wildman–Crippen LogP) is 2.14. The van der Waals surface area contributed by atoms with E-state index in [4.69, 9.17) is 0 Å². The molecule has 1 N–H and O–H groups in total. The normalized spacial score (nSPS) is 14.1. The molecule has 1 fully saturated rings. The van der Waals surface area contributed by atoms with Gasteiger partial charge in [0.15, 0.2) is 0 Å². The number of rotatable bonds is 5. The van der Waals surface area contributed by atoms with E-state index in [-0.39, 0.29) is 24.8 Å². The van der Waals surface area contributed by atoms with Crippen molar-refractivity contribution in [2.45, 2.75) is 13.3 Å². The molecule has 0 spiro atoms. The highest BCUT2D eigenvalue weighted by atomic mass is 19.1. The fourth-order valence-corrected chi connectivity index (χ4v) is 3.20. The largest absolute Gasteiger partial charge is 0.368 e. The summed E-state index contributed by atoms with van der Waals surface area (Å²) in [6.45, 7) is 4.77. The lowest BCUT2D eigenvalue weighted by molar-refractivity contribution is -0.133. The van der Waals surface area contributed by atoms with Gasteiger partial charge in [0.05, 0.1) is 13.0 Å². The Hall–Kier alpha value is -2.89. The van der Waals surface area contributed by atoms with Gasteiger partial charge in [-0.15, -0.1) is 0 Å². The molecule has 6 heteroatoms. The van der Waals surface area contributed by atoms with Gasteiger partial charge < -0.3 is 15.1 Å². The van der Waals surface area contributed by atoms with Crippen LogP contribution in [0.5, 0.6) is 0 Å². The molecule has 0 radical (unpaired) electrons. The first-order chi connectivity index (χ1) is 13.0. The molecule has 27 heavy (non-hydrogen) atoms. The van der Waals surface area contributed by atoms with Crippen molar-refractivity contribution in [3.63, 3.8) is 0 Å². The van der Waals surface area contributed by atoms with Crippen molar-refractivity contribution in [3.05, 3.63) is 65.5 Å². The SMILES string of the molecule is Cc1cccc(N2CCN(C(=O)CNC(=O)Cc3ccccc3F)CC2)c1. The van der Waals surface area contributed by atoms with Crippen LogP contribution in [0.1, 0.15) is 11.1 Å². The van der Waals surface area contributed by atoms with Crippen molar-refractivity contribution >= 4 is 17.5 Å². The van der Waals surface area contributed by atoms with Crippen LogP contribution < -0.4 is 10.2 Å². The number of hydrogen-bond acceptors (Lipinski definition) is 3. The molecule has 0 saturated carbocycles. The number of amides is 2. The topological polar surface area (TPSA) is 52.6 Å². The third-order valence-electron chi connectivity index (χ3n) is 4.74. The molecule has 0 unspecified atom stereocenters. The van der Waals surface area contributed by atoms with Gasteiger partial charge in [-0.3, -0.25) is 9.59 Å². The fraction of sp³-hybridized carbons (Fsp3) is 0.333. The number of aryl methyl sites for hydroxylation is 1. The quantitative estimate of drug-likeness (QED) is 0.879. The maximum absolute atomic E-state index is 13.6. The zero-order chi connectivity index (χ0) is 19.2. The van der Waals surface area contributed by atoms with Crippen LogP contribution in [0.2, 0.25) is 0 Å². The molecule has 1 aliphatic rings. The molecule has 1 aliphatic heterocycles. The summed E-state index contributed by atoms with van der Waals surface area (Å²) in [5.74, 6) is -0.876. The summed E-state index contributed by atoms with van der Waals surface area (Å²) in [6, 6.07) is 14.5. The number of piperazine rings is 1. The van der Waals surface area contributed by atoms with Crippen LogP contribution in [0.25, 0.3) is 0 Å². The number of nitrogens with one attached hydrogen (secondary N) is 1. The van der Waals surface area contributed by atoms with E-state index in [0.717, 1.165) is 13.1 Å². The summed E-state index contributed by atoms with van der Waals surface area (Å²) in [5, 5.41) is 2.60. The minimum atomic E-state index is -0.411. The summed E-state index contributed by atoms with van der Waals surface area (Å²) in [6.07, 6.45) is -0.0684. The number of anilines is 1. The van der Waals surface area contributed by atoms with Crippen molar-refractivity contribution in [2.24, 2.45) is 0 Å². The van der Waals surface area contributed by atoms with E-state index in [0.29, 0.717) is 18.7 Å². The zero-order valence-electron chi connectivity index (χ0n) is 15.5. The van der Waals surface area contributed by atoms with E-state index in [1.165, 1.54) is 17.3 Å². The van der Waals surface area contributed by atoms with Gasteiger partial charge in [-0.05, 0) is 36.2 Å². The van der Waals surface area contributed by atoms with Gasteiger partial charge >= 0.3 is 0 Å². The first kappa shape index (κ1) is 18.9. The van der Waals surface area contributed by atoms with Crippen LogP contribution >= 0.6 is 0 Å². The average molecular weight is 369 g/mol. The van der Waals surface area contributed by atoms with Gasteiger partial charge in [-0.25, -0.2) is 4.39 Å². The Balaban J connectivity index is 1.44. The maximum atomic E-state index is 13.6. The molecule has 1 saturated heterocycles. The lowest BCUT2D eigenvalue weighted by atomic mass is 10.1. The summed E-state index contributed by atoms with van der Waals surface area (Å²) in [7, 11) is 0. The highest BCUT2D eigenvalue weighted by Crippen LogP contribution is 2.17. The number of nitrogens with zero attached hydrogens (tertiary/aromatic N) is 2. The predicted molar refractivity (Wildman–Crippen MR) is 103 cm³/mol. The smallest absolute Gasteiger partial charge is 0.242 e. The minimum absolute atomic E-state index is 0.0578. The number of carbonyl (C=O) groups is 2. The molecule has 5 nitrogen and oxygen atoms in total. The molecule has 0 bridgehead atoms. The van der Waals surface area contributed by atoms with Crippen LogP contribution in [0.4, 0.5) is 10.1 Å². The Labute approximate surface area is 158 Å². The third kappa shape index (κ3) is 5.06. The van der Waals surface area contributed by atoms with E-state index < -0.39 is 5.82 Å². The van der Waals surface area contributed by atoms with Crippen molar-refractivity contribution in [1.82, 2.24) is 10.2 Å². The van der Waals surface area contributed by atoms with E-state index in [2.05, 4.69) is 35.3 Å². The monoisotopic (exact) mass is 369 g/mol. The van der Waals surface area contributed by atoms with Crippen molar-refractivity contribution in [3.8, 4) is 0 Å². The van der Waals surface area contributed by atoms with Crippen LogP contribution in [0.15, 0.2) is 48.5 Å². The lowest BCUT2D eigenvalue weighted by Crippen LogP contribution is -2.51. The van der Waals surface area contributed by atoms with E-state index in [1.54, 1.807) is 23.1 Å². The first-order valence-electron chi connectivity index (χ1n) is 9.12. The second-order valence-electron chi connectivity index (χ2n) is 6.75. The fourth-order valence-electron chi connectivity index (χ4n) is 3.20. The maximum Gasteiger partial charge on any atom is 0.242 e. The molecule has 2 aromatic carbocycles. The molecule has 0 atom stereocenters. The standard InChI is InChI=1S/C21H24FN3O2/c1-16-5-4-7-18(13-16)24-9-11-25(12-10-24)21(27)15-23-20(26)14-17-6-2-3-8-19(17)22/h2-8,13H,9-12,14-15H2,1H3,(H,23,26). The second-order valence-corrected chi connectivity index (χ2v) is 6.75. The molecule has 2 amide bonds. The van der Waals surface area contributed by atoms with Crippen molar-refractivity contribution < 1.29 is 14.0 Å². The summed E-state index contributed by atoms with van der Waals surface area (Å²) < 4.78 is 13.6. The van der Waals surface area contributed by atoms with Gasteiger partial charge in [-0.1, -0.05) is 30.3 Å². The lowest BCUT2D eigenvalue weighted by Gasteiger charge is -2.36. The Bertz CT molecular complexity index is 817. The molecule has 0 aromatic heterocycles. The van der Waals surface area contributed by atoms with Crippen LogP contribution in [-0.4, -0.2) is 49.4 Å². The molecule has 0 aliphatic carbocycles. The van der Waals surface area contributed by atoms with Crippen LogP contribution in [0, 0.1) is 12.7 Å². The Morgan fingerprint density at radius 1 is 1.04 bits per heavy atom. The number of halogens is 1. The third-order valence-corrected chi connectivity index (χ3v) is 4.74. The van der Waals surface area contributed by atoms with Gasteiger partial charge in [-0.2, -0.15) is 0 Å². The molecular weight excluding hydrogens is 345 g/mol. The summed E-state index contributed by atoms with van der Waals surface area (Å²) in [4.78, 5) is 28.3. The second kappa shape index (κ2) is 8.66. The number of hydrogen-bond donors (Lipinski definition) is 1. The van der Waals surface area contributed by atoms with Gasteiger partial charge in [0.1, 0.15) is 5.82 Å². The molecule has 1 heterocycles. The average Bonchev–Trinajstić information content (AvgIpc) is 2.68. The molecule has 2 aromatic rings. The highest BCUT2D eigenvalue weighted by Gasteiger charge is 2.21. The Morgan fingerprint density at radius 2 is 1.78 bits per heavy atom. The Morgan fingerprint density at radius 3 is 2.48 bits per heavy atom. The Kier molecular flexibility index (Phi) is 6.06. The minimum Gasteiger partial charge on any atom is -0.368 e. The van der Waals surface area contributed by atoms with Crippen molar-refractivity contribution in [2.75, 3.05) is 37.6 Å². The van der Waals surface area contributed by atoms with E-state index in [9.17, 15) is 14.0 Å². The van der Waals surface area contributed by atoms with Gasteiger partial charge in [0.25, 0.3) is 0 Å². The van der Waals surface area contributed by atoms with Crippen LogP contribution in [-0.2, 0) is 16.0 Å². The molecule has 3 rings (SSSR count). The van der Waals surface area contributed by atoms with E-state index in [1.807, 2.05) is 6.07 Å².